The number of hydrogen-bond acceptors (Lipinski definition) is 2. The molecule has 0 aliphatic carbocycles. The minimum Gasteiger partial charge on any atom is -0.369 e. The van der Waals surface area contributed by atoms with E-state index in [9.17, 15) is 0 Å². The minimum atomic E-state index is 0.551. The first-order chi connectivity index (χ1) is 7.19. The summed E-state index contributed by atoms with van der Waals surface area (Å²) in [6, 6.07) is 9.28. The molecule has 0 saturated heterocycles. The molecule has 0 aromatic heterocycles. The van der Waals surface area contributed by atoms with Crippen molar-refractivity contribution in [2.24, 2.45) is 5.73 Å². The van der Waals surface area contributed by atoms with Crippen LogP contribution >= 0.6 is 0 Å². The minimum absolute atomic E-state index is 0.551. The molecule has 2 heteroatoms. The fourth-order valence-electron chi connectivity index (χ4n) is 1.87. The first-order valence-electron chi connectivity index (χ1n) is 5.74. The maximum Gasteiger partial charge on any atom is 0.0368 e. The van der Waals surface area contributed by atoms with Crippen LogP contribution < -0.4 is 10.6 Å². The smallest absolute Gasteiger partial charge is 0.0368 e. The van der Waals surface area contributed by atoms with Crippen LogP contribution in [-0.2, 0) is 6.42 Å². The van der Waals surface area contributed by atoms with Crippen molar-refractivity contribution in [2.75, 3.05) is 18.0 Å². The van der Waals surface area contributed by atoms with Crippen molar-refractivity contribution >= 4 is 5.69 Å². The van der Waals surface area contributed by atoms with Gasteiger partial charge in [0.25, 0.3) is 0 Å². The molecule has 1 aromatic rings. The summed E-state index contributed by atoms with van der Waals surface area (Å²) in [5, 5.41) is 0. The maximum absolute atomic E-state index is 5.52. The van der Waals surface area contributed by atoms with E-state index >= 15 is 0 Å². The van der Waals surface area contributed by atoms with E-state index in [1.54, 1.807) is 0 Å². The molecule has 0 bridgehead atoms. The van der Waals surface area contributed by atoms with Gasteiger partial charge < -0.3 is 10.6 Å². The predicted octanol–water partition coefficient (Wildman–Crippen LogP) is 2.42. The van der Waals surface area contributed by atoms with Gasteiger partial charge in [0, 0.05) is 18.3 Å². The number of benzene rings is 1. The Morgan fingerprint density at radius 3 is 2.20 bits per heavy atom. The summed E-state index contributed by atoms with van der Waals surface area (Å²) >= 11 is 0. The zero-order valence-corrected chi connectivity index (χ0v) is 10.0. The molecule has 1 rings (SSSR count). The molecule has 0 aliphatic rings. The van der Waals surface area contributed by atoms with Crippen molar-refractivity contribution in [3.8, 4) is 0 Å². The largest absolute Gasteiger partial charge is 0.369 e. The monoisotopic (exact) mass is 206 g/mol. The molecule has 15 heavy (non-hydrogen) atoms. The molecule has 0 amide bonds. The van der Waals surface area contributed by atoms with Crippen LogP contribution in [0.5, 0.6) is 0 Å². The van der Waals surface area contributed by atoms with Crippen LogP contribution in [0.15, 0.2) is 24.3 Å². The molecular formula is C13H22N2. The molecule has 0 fully saturated rings. The summed E-state index contributed by atoms with van der Waals surface area (Å²) < 4.78 is 0. The zero-order chi connectivity index (χ0) is 11.3. The Bertz CT molecular complexity index is 277. The summed E-state index contributed by atoms with van der Waals surface area (Å²) in [7, 11) is 0. The van der Waals surface area contributed by atoms with Crippen LogP contribution in [0, 0.1) is 0 Å². The van der Waals surface area contributed by atoms with Crippen molar-refractivity contribution in [3.63, 3.8) is 0 Å². The third-order valence-corrected chi connectivity index (χ3v) is 2.67. The van der Waals surface area contributed by atoms with E-state index in [1.807, 2.05) is 0 Å². The van der Waals surface area contributed by atoms with Gasteiger partial charge in [-0.2, -0.15) is 0 Å². The molecule has 2 N–H and O–H groups in total. The van der Waals surface area contributed by atoms with Gasteiger partial charge in [-0.3, -0.25) is 0 Å². The van der Waals surface area contributed by atoms with Gasteiger partial charge in [0.2, 0.25) is 0 Å². The van der Waals surface area contributed by atoms with Crippen molar-refractivity contribution in [2.45, 2.75) is 33.2 Å². The van der Waals surface area contributed by atoms with Gasteiger partial charge >= 0.3 is 0 Å². The molecule has 0 saturated carbocycles. The van der Waals surface area contributed by atoms with Crippen molar-refractivity contribution in [1.29, 1.82) is 0 Å². The fourth-order valence-corrected chi connectivity index (χ4v) is 1.87. The van der Waals surface area contributed by atoms with Crippen LogP contribution in [-0.4, -0.2) is 19.1 Å². The Balaban J connectivity index is 2.77. The molecule has 0 spiro atoms. The highest BCUT2D eigenvalue weighted by atomic mass is 15.1. The molecule has 0 heterocycles. The Kier molecular flexibility index (Phi) is 4.63. The van der Waals surface area contributed by atoms with E-state index < -0.39 is 0 Å². The van der Waals surface area contributed by atoms with Gasteiger partial charge in [-0.15, -0.1) is 0 Å². The van der Waals surface area contributed by atoms with Crippen LogP contribution in [0.25, 0.3) is 0 Å². The van der Waals surface area contributed by atoms with E-state index in [4.69, 9.17) is 5.73 Å². The number of rotatable bonds is 5. The molecule has 1 aromatic carbocycles. The molecule has 0 aliphatic heterocycles. The highest BCUT2D eigenvalue weighted by Crippen LogP contribution is 2.17. The van der Waals surface area contributed by atoms with E-state index in [2.05, 4.69) is 49.9 Å². The van der Waals surface area contributed by atoms with Gasteiger partial charge in [0.1, 0.15) is 0 Å². The second kappa shape index (κ2) is 5.76. The van der Waals surface area contributed by atoms with E-state index in [0.717, 1.165) is 19.5 Å². The molecule has 0 unspecified atom stereocenters. The number of hydrogen-bond donors (Lipinski definition) is 1. The van der Waals surface area contributed by atoms with Gasteiger partial charge in [0.15, 0.2) is 0 Å². The van der Waals surface area contributed by atoms with Gasteiger partial charge in [-0.25, -0.2) is 0 Å². The van der Waals surface area contributed by atoms with Crippen LogP contribution in [0.3, 0.4) is 0 Å². The van der Waals surface area contributed by atoms with E-state index in [0.29, 0.717) is 6.04 Å². The first kappa shape index (κ1) is 12.1. The second-order valence-corrected chi connectivity index (χ2v) is 4.08. The van der Waals surface area contributed by atoms with E-state index in [1.165, 1.54) is 11.3 Å². The summed E-state index contributed by atoms with van der Waals surface area (Å²) in [6.07, 6.45) is 0.966. The second-order valence-electron chi connectivity index (χ2n) is 4.08. The summed E-state index contributed by atoms with van der Waals surface area (Å²) in [5.41, 5.74) is 8.14. The topological polar surface area (TPSA) is 29.3 Å². The van der Waals surface area contributed by atoms with E-state index in [-0.39, 0.29) is 0 Å². The predicted molar refractivity (Wildman–Crippen MR) is 67.4 cm³/mol. The van der Waals surface area contributed by atoms with Crippen LogP contribution in [0.2, 0.25) is 0 Å². The standard InChI is InChI=1S/C13H22N2/c1-4-15(11(2)3)13-7-5-12(6-8-13)9-10-14/h5-8,11H,4,9-10,14H2,1-3H3. The lowest BCUT2D eigenvalue weighted by atomic mass is 10.1. The quantitative estimate of drug-likeness (QED) is 0.801. The zero-order valence-electron chi connectivity index (χ0n) is 10.0. The van der Waals surface area contributed by atoms with Crippen LogP contribution in [0.4, 0.5) is 5.69 Å². The van der Waals surface area contributed by atoms with Crippen molar-refractivity contribution < 1.29 is 0 Å². The lowest BCUT2D eigenvalue weighted by Gasteiger charge is -2.27. The fraction of sp³-hybridized carbons (Fsp3) is 0.538. The van der Waals surface area contributed by atoms with Gasteiger partial charge in [-0.05, 0) is 51.4 Å². The first-order valence-corrected chi connectivity index (χ1v) is 5.74. The number of nitrogens with zero attached hydrogens (tertiary/aromatic N) is 1. The number of nitrogens with two attached hydrogens (primary N) is 1. The molecular weight excluding hydrogens is 184 g/mol. The molecule has 84 valence electrons. The Labute approximate surface area is 93.1 Å². The van der Waals surface area contributed by atoms with Crippen molar-refractivity contribution in [1.82, 2.24) is 0 Å². The van der Waals surface area contributed by atoms with Gasteiger partial charge in [0.05, 0.1) is 0 Å². The van der Waals surface area contributed by atoms with Crippen LogP contribution in [0.1, 0.15) is 26.3 Å². The normalized spacial score (nSPS) is 10.7. The Morgan fingerprint density at radius 2 is 1.80 bits per heavy atom. The average Bonchev–Trinajstić information content (AvgIpc) is 2.21. The summed E-state index contributed by atoms with van der Waals surface area (Å²) in [4.78, 5) is 2.38. The molecule has 0 atom stereocenters. The lowest BCUT2D eigenvalue weighted by Crippen LogP contribution is -2.30. The summed E-state index contributed by atoms with van der Waals surface area (Å²) in [5.74, 6) is 0. The maximum atomic E-state index is 5.52. The molecule has 0 radical (unpaired) electrons. The lowest BCUT2D eigenvalue weighted by molar-refractivity contribution is 0.703. The third-order valence-electron chi connectivity index (χ3n) is 2.67. The highest BCUT2D eigenvalue weighted by Gasteiger charge is 2.07. The number of anilines is 1. The average molecular weight is 206 g/mol. The third kappa shape index (κ3) is 3.24. The SMILES string of the molecule is CCN(c1ccc(CCN)cc1)C(C)C. The highest BCUT2D eigenvalue weighted by molar-refractivity contribution is 5.48. The van der Waals surface area contributed by atoms with Gasteiger partial charge in [-0.1, -0.05) is 12.1 Å². The van der Waals surface area contributed by atoms with Crippen molar-refractivity contribution in [3.05, 3.63) is 29.8 Å². The Morgan fingerprint density at radius 1 is 1.20 bits per heavy atom. The molecule has 2 nitrogen and oxygen atoms in total. The Hall–Kier alpha value is -1.02. The summed E-state index contributed by atoms with van der Waals surface area (Å²) in [6.45, 7) is 8.40.